The third kappa shape index (κ3) is 11.3. The number of aliphatic hydroxyl groups is 1. The van der Waals surface area contributed by atoms with Gasteiger partial charge in [0.1, 0.15) is 22.1 Å². The number of pyridine rings is 3. The van der Waals surface area contributed by atoms with Gasteiger partial charge in [-0.3, -0.25) is 14.6 Å². The van der Waals surface area contributed by atoms with Gasteiger partial charge in [0.25, 0.3) is 21.8 Å². The summed E-state index contributed by atoms with van der Waals surface area (Å²) in [6, 6.07) is 22.4. The lowest BCUT2D eigenvalue weighted by molar-refractivity contribution is -0.751. The van der Waals surface area contributed by atoms with Gasteiger partial charge in [0.05, 0.1) is 49.7 Å². The second kappa shape index (κ2) is 22.3. The summed E-state index contributed by atoms with van der Waals surface area (Å²) in [7, 11) is -0.137. The van der Waals surface area contributed by atoms with Gasteiger partial charge in [-0.15, -0.1) is 0 Å². The standard InChI is InChI=1S/C62H77FN10O8S/c1-37(2)46-9-7-8-10-48(46)53-36-71(35-40-13-17-47(39-11-12-39)59(67-40)79-5)23-24-72(53)44-30-62(31-44)28-42-14-15-43(29-62)73(42)41-16-18-49(54(25-41)81-55-27-50-51(63)34-66-56(50)68-60(55)80-6)58(74)69-82(77,78)45-26-52(70(4)76)57(65-33-45)64-32-38-19-21-61(3,75)22-20-38/h7-10,13,16-18,25-27,33-34,37-39,42-44,53,70,75H,11-12,14-15,19-24,28-32,35-36H2,1-6H3,(H,64,65)(H,66,68)(H,69,74)/t38-,42?,43?,44?,53-,61-,62?/m0/s1. The molecule has 6 aliphatic rings. The fraction of sp³-hybridized carbons (Fsp3) is 0.516. The Morgan fingerprint density at radius 3 is 2.34 bits per heavy atom. The van der Waals surface area contributed by atoms with E-state index in [9.17, 15) is 23.5 Å². The first-order valence-electron chi connectivity index (χ1n) is 29.3. The number of nitrogens with one attached hydrogen (secondary N) is 4. The second-order valence-corrected chi connectivity index (χ2v) is 26.6. The minimum atomic E-state index is -4.60. The van der Waals surface area contributed by atoms with Crippen LogP contribution in [-0.2, 0) is 16.6 Å². The maximum absolute atomic E-state index is 15.1. The molecule has 6 fully saturated rings. The van der Waals surface area contributed by atoms with E-state index < -0.39 is 32.4 Å². The molecule has 82 heavy (non-hydrogen) atoms. The molecule has 6 aromatic rings. The Bertz CT molecular complexity index is 3450. The molecule has 2 bridgehead atoms. The van der Waals surface area contributed by atoms with Crippen LogP contribution in [0.2, 0.25) is 0 Å². The van der Waals surface area contributed by atoms with Gasteiger partial charge in [-0.1, -0.05) is 44.2 Å². The van der Waals surface area contributed by atoms with Crippen LogP contribution in [0.3, 0.4) is 0 Å². The summed E-state index contributed by atoms with van der Waals surface area (Å²) in [6.45, 7) is 10.5. The predicted octanol–water partition coefficient (Wildman–Crippen LogP) is 9.26. The maximum Gasteiger partial charge on any atom is 0.268 e. The molecule has 3 unspecified atom stereocenters. The number of hydrogen-bond donors (Lipinski definition) is 5. The molecule has 12 rings (SSSR count). The van der Waals surface area contributed by atoms with E-state index in [1.54, 1.807) is 19.2 Å². The fourth-order valence-corrected chi connectivity index (χ4v) is 15.3. The number of quaternary nitrogens is 1. The number of amides is 1. The van der Waals surface area contributed by atoms with Gasteiger partial charge >= 0.3 is 0 Å². The molecule has 436 valence electrons. The van der Waals surface area contributed by atoms with Crippen molar-refractivity contribution in [2.24, 2.45) is 11.3 Å². The number of ether oxygens (including phenoxy) is 3. The number of H-pyrrole nitrogens is 1. The number of halogens is 1. The van der Waals surface area contributed by atoms with Gasteiger partial charge in [-0.05, 0) is 136 Å². The van der Waals surface area contributed by atoms with E-state index >= 15 is 4.39 Å². The Morgan fingerprint density at radius 2 is 1.63 bits per heavy atom. The number of hydroxylamine groups is 1. The van der Waals surface area contributed by atoms with Crippen LogP contribution >= 0.6 is 0 Å². The van der Waals surface area contributed by atoms with Gasteiger partial charge in [-0.25, -0.2) is 27.5 Å². The Hall–Kier alpha value is -6.42. The van der Waals surface area contributed by atoms with Crippen LogP contribution in [0.1, 0.15) is 148 Å². The highest BCUT2D eigenvalue weighted by Crippen LogP contribution is 2.59. The van der Waals surface area contributed by atoms with Crippen molar-refractivity contribution in [3.63, 3.8) is 0 Å². The molecule has 5 N–H and O–H groups in total. The van der Waals surface area contributed by atoms with Crippen molar-refractivity contribution in [3.8, 4) is 23.3 Å². The van der Waals surface area contributed by atoms with E-state index in [0.29, 0.717) is 37.3 Å². The molecule has 0 radical (unpaired) electrons. The number of methoxy groups -OCH3 is 2. The number of aromatic nitrogens is 4. The van der Waals surface area contributed by atoms with Gasteiger partial charge in [0.15, 0.2) is 17.3 Å². The molecule has 2 aromatic carbocycles. The smallest absolute Gasteiger partial charge is 0.268 e. The normalized spacial score (nSPS) is 26.2. The fourth-order valence-electron chi connectivity index (χ4n) is 14.3. The highest BCUT2D eigenvalue weighted by Gasteiger charge is 2.56. The maximum atomic E-state index is 15.1. The largest absolute Gasteiger partial charge is 0.629 e. The molecule has 3 aliphatic heterocycles. The number of piperidine rings is 1. The number of sulfonamides is 1. The Morgan fingerprint density at radius 1 is 0.902 bits per heavy atom. The average Bonchev–Trinajstić information content (AvgIpc) is 4.39. The third-order valence-electron chi connectivity index (χ3n) is 18.8. The molecule has 20 heteroatoms. The minimum absolute atomic E-state index is 0.0207. The monoisotopic (exact) mass is 1140 g/mol. The van der Waals surface area contributed by atoms with E-state index in [4.69, 9.17) is 19.2 Å². The minimum Gasteiger partial charge on any atom is -0.629 e. The molecular formula is C62H77FN10O8S. The van der Waals surface area contributed by atoms with E-state index in [2.05, 4.69) is 89.9 Å². The number of anilines is 2. The van der Waals surface area contributed by atoms with E-state index in [1.807, 2.05) is 13.0 Å². The van der Waals surface area contributed by atoms with Gasteiger partial charge in [0.2, 0.25) is 5.88 Å². The summed E-state index contributed by atoms with van der Waals surface area (Å²) in [5.41, 5.74) is 5.58. The number of benzene rings is 2. The first-order chi connectivity index (χ1) is 39.4. The van der Waals surface area contributed by atoms with Crippen LogP contribution in [0.5, 0.6) is 23.3 Å². The zero-order valence-electron chi connectivity index (χ0n) is 47.8. The van der Waals surface area contributed by atoms with Crippen molar-refractivity contribution < 1.29 is 42.0 Å². The van der Waals surface area contributed by atoms with Crippen LogP contribution in [0, 0.1) is 22.4 Å². The van der Waals surface area contributed by atoms with Crippen molar-refractivity contribution in [2.45, 2.75) is 151 Å². The van der Waals surface area contributed by atoms with Crippen molar-refractivity contribution >= 4 is 44.2 Å². The molecule has 4 atom stereocenters. The molecule has 7 heterocycles. The highest BCUT2D eigenvalue weighted by atomic mass is 32.2. The molecule has 3 saturated carbocycles. The summed E-state index contributed by atoms with van der Waals surface area (Å²) in [6.07, 6.45) is 13.9. The van der Waals surface area contributed by atoms with Crippen LogP contribution < -0.4 is 34.2 Å². The van der Waals surface area contributed by atoms with E-state index in [-0.39, 0.29) is 79.8 Å². The summed E-state index contributed by atoms with van der Waals surface area (Å²) in [4.78, 5) is 38.5. The summed E-state index contributed by atoms with van der Waals surface area (Å²) in [5.74, 6) is 0.719. The molecule has 1 spiro atoms. The van der Waals surface area contributed by atoms with Crippen LogP contribution in [0.25, 0.3) is 11.0 Å². The van der Waals surface area contributed by atoms with Gasteiger partial charge in [-0.2, -0.15) is 4.98 Å². The summed E-state index contributed by atoms with van der Waals surface area (Å²) in [5, 5.41) is 26.3. The predicted molar refractivity (Wildman–Crippen MR) is 311 cm³/mol. The van der Waals surface area contributed by atoms with Crippen LogP contribution in [-0.4, -0.2) is 120 Å². The average molecular weight is 1140 g/mol. The number of hydrogen-bond acceptors (Lipinski definition) is 15. The lowest BCUT2D eigenvalue weighted by atomic mass is 9.58. The van der Waals surface area contributed by atoms with Crippen molar-refractivity contribution in [1.29, 1.82) is 0 Å². The number of nitrogens with zero attached hydrogens (tertiary/aromatic N) is 6. The van der Waals surface area contributed by atoms with E-state index in [1.165, 1.54) is 62.0 Å². The van der Waals surface area contributed by atoms with Crippen LogP contribution in [0.15, 0.2) is 84.0 Å². The number of carbonyl (C=O) groups is 1. The van der Waals surface area contributed by atoms with Crippen LogP contribution in [0.4, 0.5) is 21.6 Å². The lowest BCUT2D eigenvalue weighted by Crippen LogP contribution is -2.98. The zero-order valence-corrected chi connectivity index (χ0v) is 48.7. The molecule has 3 aliphatic carbocycles. The number of piperazine rings is 1. The Kier molecular flexibility index (Phi) is 15.2. The number of rotatable bonds is 18. The molecular weight excluding hydrogens is 1060 g/mol. The van der Waals surface area contributed by atoms with Crippen molar-refractivity contribution in [3.05, 3.63) is 118 Å². The topological polar surface area (TPSA) is 215 Å². The first kappa shape index (κ1) is 56.1. The molecule has 4 aromatic heterocycles. The number of aromatic amines is 1. The van der Waals surface area contributed by atoms with Crippen molar-refractivity contribution in [2.75, 3.05) is 57.7 Å². The Balaban J connectivity index is 0.778. The molecule has 18 nitrogen and oxygen atoms in total. The summed E-state index contributed by atoms with van der Waals surface area (Å²) < 4.78 is 63.4. The lowest BCUT2D eigenvalue weighted by Gasteiger charge is -2.60. The highest BCUT2D eigenvalue weighted by molar-refractivity contribution is 7.90. The summed E-state index contributed by atoms with van der Waals surface area (Å²) >= 11 is 0. The first-order valence-corrected chi connectivity index (χ1v) is 30.8. The van der Waals surface area contributed by atoms with Gasteiger partial charge in [0, 0.05) is 92.5 Å². The Labute approximate surface area is 479 Å². The number of carbonyl (C=O) groups excluding carboxylic acids is 1. The third-order valence-corrected chi connectivity index (χ3v) is 20.1. The second-order valence-electron chi connectivity index (χ2n) is 24.9. The SMILES string of the molecule is COc1nc2[nH]cc(F)c2cc1Oc1cc(N2C3CCC2CC2(C3)CC(N3CCN(Cc4ccc(C5CC5)c(OC)n4)C[C@H]3c3ccccc3C(C)C)C2)ccc1C(=O)NS(=O)(=O)c1cnc(NC[C@H]2CC[C@](C)(O)CC2)c([NH+](C)[O-])c1. The number of fused-ring (bicyclic) bond motifs is 3. The molecule has 1 amide bonds. The zero-order chi connectivity index (χ0) is 57.2. The van der Waals surface area contributed by atoms with E-state index in [0.717, 1.165) is 101 Å². The van der Waals surface area contributed by atoms with Gasteiger partial charge < -0.3 is 44.8 Å². The molecule has 3 saturated heterocycles. The van der Waals surface area contributed by atoms with Crippen molar-refractivity contribution in [1.82, 2.24) is 34.5 Å². The quantitative estimate of drug-likeness (QED) is 0.0507.